The van der Waals surface area contributed by atoms with Gasteiger partial charge in [-0.25, -0.2) is 4.39 Å². The quantitative estimate of drug-likeness (QED) is 0.716. The van der Waals surface area contributed by atoms with Gasteiger partial charge in [0, 0.05) is 11.9 Å². The lowest BCUT2D eigenvalue weighted by Gasteiger charge is -2.20. The van der Waals surface area contributed by atoms with E-state index in [2.05, 4.69) is 27.8 Å². The fourth-order valence-electron chi connectivity index (χ4n) is 1.54. The molecule has 0 unspecified atom stereocenters. The van der Waals surface area contributed by atoms with Crippen LogP contribution in [0.4, 0.5) is 4.39 Å². The molecule has 90 valence electrons. The first kappa shape index (κ1) is 13.9. The number of benzene rings is 1. The van der Waals surface area contributed by atoms with Crippen LogP contribution in [0.2, 0.25) is 5.02 Å². The van der Waals surface area contributed by atoms with Crippen molar-refractivity contribution in [1.82, 2.24) is 4.90 Å². The van der Waals surface area contributed by atoms with Gasteiger partial charge in [-0.15, -0.1) is 0 Å². The van der Waals surface area contributed by atoms with Gasteiger partial charge in [-0.3, -0.25) is 4.90 Å². The highest BCUT2D eigenvalue weighted by atomic mass is 79.9. The lowest BCUT2D eigenvalue weighted by molar-refractivity contribution is 0.281. The number of hydrogen-bond acceptors (Lipinski definition) is 1. The minimum absolute atomic E-state index is 0.250. The van der Waals surface area contributed by atoms with Crippen LogP contribution >= 0.6 is 27.5 Å². The first-order chi connectivity index (χ1) is 7.69. The molecular formula is C12H16BrClFN. The van der Waals surface area contributed by atoms with Gasteiger partial charge in [-0.05, 0) is 31.1 Å². The van der Waals surface area contributed by atoms with Gasteiger partial charge in [0.2, 0.25) is 0 Å². The fraction of sp³-hybridized carbons (Fsp3) is 0.500. The maximum atomic E-state index is 13.2. The molecule has 0 N–H and O–H groups in total. The number of nitrogens with zero attached hydrogens (tertiary/aromatic N) is 1. The number of rotatable bonds is 6. The molecule has 0 aliphatic carbocycles. The van der Waals surface area contributed by atoms with Crippen molar-refractivity contribution in [2.45, 2.75) is 19.9 Å². The third-order valence-corrected chi connectivity index (χ3v) is 3.46. The molecule has 0 atom stereocenters. The molecule has 0 saturated carbocycles. The Hall–Kier alpha value is -0.120. The Morgan fingerprint density at radius 1 is 1.44 bits per heavy atom. The zero-order valence-electron chi connectivity index (χ0n) is 9.35. The molecule has 0 aromatic heterocycles. The molecular weight excluding hydrogens is 292 g/mol. The van der Waals surface area contributed by atoms with Crippen molar-refractivity contribution >= 4 is 27.5 Å². The third-order valence-electron chi connectivity index (χ3n) is 2.48. The van der Waals surface area contributed by atoms with E-state index in [0.29, 0.717) is 6.54 Å². The Morgan fingerprint density at radius 2 is 2.19 bits per heavy atom. The van der Waals surface area contributed by atoms with Gasteiger partial charge in [0.1, 0.15) is 5.82 Å². The van der Waals surface area contributed by atoms with E-state index in [0.717, 1.165) is 30.4 Å². The van der Waals surface area contributed by atoms with Crippen LogP contribution in [0.3, 0.4) is 0 Å². The van der Waals surface area contributed by atoms with E-state index < -0.39 is 0 Å². The summed E-state index contributed by atoms with van der Waals surface area (Å²) in [6.07, 6.45) is 1.08. The van der Waals surface area contributed by atoms with Crippen LogP contribution in [-0.4, -0.2) is 23.3 Å². The van der Waals surface area contributed by atoms with Gasteiger partial charge < -0.3 is 0 Å². The molecule has 1 nitrogen and oxygen atoms in total. The first-order valence-corrected chi connectivity index (χ1v) is 6.90. The van der Waals surface area contributed by atoms with Crippen LogP contribution in [0.1, 0.15) is 18.9 Å². The van der Waals surface area contributed by atoms with Crippen molar-refractivity contribution in [1.29, 1.82) is 0 Å². The topological polar surface area (TPSA) is 3.24 Å². The van der Waals surface area contributed by atoms with Crippen molar-refractivity contribution in [3.63, 3.8) is 0 Å². The summed E-state index contributed by atoms with van der Waals surface area (Å²) in [6, 6.07) is 4.97. The predicted molar refractivity (Wildman–Crippen MR) is 70.8 cm³/mol. The van der Waals surface area contributed by atoms with Crippen LogP contribution in [0.5, 0.6) is 0 Å². The van der Waals surface area contributed by atoms with Crippen molar-refractivity contribution in [3.8, 4) is 0 Å². The highest BCUT2D eigenvalue weighted by Gasteiger charge is 2.09. The summed E-state index contributed by atoms with van der Waals surface area (Å²) in [5.74, 6) is -0.337. The fourth-order valence-corrected chi connectivity index (χ4v) is 1.98. The van der Waals surface area contributed by atoms with Crippen molar-refractivity contribution in [2.24, 2.45) is 0 Å². The molecule has 1 aromatic rings. The Bertz CT molecular complexity index is 333. The molecule has 16 heavy (non-hydrogen) atoms. The van der Waals surface area contributed by atoms with E-state index in [1.165, 1.54) is 6.07 Å². The summed E-state index contributed by atoms with van der Waals surface area (Å²) in [7, 11) is 0. The highest BCUT2D eigenvalue weighted by Crippen LogP contribution is 2.21. The van der Waals surface area contributed by atoms with Crippen molar-refractivity contribution in [2.75, 3.05) is 18.4 Å². The monoisotopic (exact) mass is 307 g/mol. The Balaban J connectivity index is 2.66. The maximum Gasteiger partial charge on any atom is 0.142 e. The predicted octanol–water partition coefficient (Wildman–Crippen LogP) is 4.09. The van der Waals surface area contributed by atoms with Crippen molar-refractivity contribution < 1.29 is 4.39 Å². The number of hydrogen-bond donors (Lipinski definition) is 0. The van der Waals surface area contributed by atoms with Crippen LogP contribution in [-0.2, 0) is 6.54 Å². The second-order valence-corrected chi connectivity index (χ2v) is 4.80. The van der Waals surface area contributed by atoms with E-state index >= 15 is 0 Å². The molecule has 1 rings (SSSR count). The summed E-state index contributed by atoms with van der Waals surface area (Å²) < 4.78 is 13.2. The minimum Gasteiger partial charge on any atom is -0.299 e. The van der Waals surface area contributed by atoms with Crippen LogP contribution in [0, 0.1) is 5.82 Å². The molecule has 0 radical (unpaired) electrons. The minimum atomic E-state index is -0.337. The zero-order chi connectivity index (χ0) is 12.0. The average Bonchev–Trinajstić information content (AvgIpc) is 2.30. The molecule has 0 aliphatic heterocycles. The third kappa shape index (κ3) is 4.04. The molecule has 0 spiro atoms. The van der Waals surface area contributed by atoms with Gasteiger partial charge in [-0.1, -0.05) is 46.6 Å². The van der Waals surface area contributed by atoms with Gasteiger partial charge in [0.25, 0.3) is 0 Å². The molecule has 0 heterocycles. The number of halogens is 3. The average molecular weight is 309 g/mol. The Labute approximate surface area is 110 Å². The standard InChI is InChI=1S/C12H16BrClFN/c1-2-16(8-4-7-13)9-10-5-3-6-11(15)12(10)14/h3,5-6H,2,4,7-9H2,1H3. The highest BCUT2D eigenvalue weighted by molar-refractivity contribution is 9.09. The van der Waals surface area contributed by atoms with E-state index in [4.69, 9.17) is 11.6 Å². The van der Waals surface area contributed by atoms with E-state index in [9.17, 15) is 4.39 Å². The molecule has 0 aliphatic rings. The summed E-state index contributed by atoms with van der Waals surface area (Å²) >= 11 is 9.32. The Kier molecular flexibility index (Phi) is 6.32. The second kappa shape index (κ2) is 7.25. The molecule has 0 saturated heterocycles. The lowest BCUT2D eigenvalue weighted by atomic mass is 10.2. The second-order valence-electron chi connectivity index (χ2n) is 3.62. The van der Waals surface area contributed by atoms with E-state index in [-0.39, 0.29) is 10.8 Å². The molecule has 0 amide bonds. The normalized spacial score (nSPS) is 11.1. The van der Waals surface area contributed by atoms with E-state index in [1.807, 2.05) is 6.07 Å². The summed E-state index contributed by atoms with van der Waals surface area (Å²) in [5.41, 5.74) is 0.859. The smallest absolute Gasteiger partial charge is 0.142 e. The Morgan fingerprint density at radius 3 is 2.81 bits per heavy atom. The molecule has 0 bridgehead atoms. The number of alkyl halides is 1. The lowest BCUT2D eigenvalue weighted by Crippen LogP contribution is -2.24. The summed E-state index contributed by atoms with van der Waals surface area (Å²) in [5, 5.41) is 1.24. The maximum absolute atomic E-state index is 13.2. The van der Waals surface area contributed by atoms with Crippen molar-refractivity contribution in [3.05, 3.63) is 34.6 Å². The van der Waals surface area contributed by atoms with E-state index in [1.54, 1.807) is 6.07 Å². The molecule has 0 fully saturated rings. The van der Waals surface area contributed by atoms with Crippen LogP contribution in [0.15, 0.2) is 18.2 Å². The largest absolute Gasteiger partial charge is 0.299 e. The van der Waals surface area contributed by atoms with Gasteiger partial charge >= 0.3 is 0 Å². The van der Waals surface area contributed by atoms with Gasteiger partial charge in [-0.2, -0.15) is 0 Å². The molecule has 1 aromatic carbocycles. The van der Waals surface area contributed by atoms with Gasteiger partial charge in [0.05, 0.1) is 5.02 Å². The summed E-state index contributed by atoms with van der Waals surface area (Å²) in [6.45, 7) is 4.75. The van der Waals surface area contributed by atoms with Gasteiger partial charge in [0.15, 0.2) is 0 Å². The SMILES string of the molecule is CCN(CCCBr)Cc1cccc(F)c1Cl. The van der Waals surface area contributed by atoms with Crippen LogP contribution in [0.25, 0.3) is 0 Å². The van der Waals surface area contributed by atoms with Crippen LogP contribution < -0.4 is 0 Å². The molecule has 4 heteroatoms. The zero-order valence-corrected chi connectivity index (χ0v) is 11.7. The first-order valence-electron chi connectivity index (χ1n) is 5.40. The summed E-state index contributed by atoms with van der Waals surface area (Å²) in [4.78, 5) is 2.25.